The summed E-state index contributed by atoms with van der Waals surface area (Å²) in [6, 6.07) is 13.1. The minimum Gasteiger partial charge on any atom is -0.493 e. The number of esters is 1. The van der Waals surface area contributed by atoms with E-state index in [-0.39, 0.29) is 27.7 Å². The van der Waals surface area contributed by atoms with Gasteiger partial charge in [-0.25, -0.2) is 4.79 Å². The number of ether oxygens (including phenoxy) is 4. The van der Waals surface area contributed by atoms with Crippen LogP contribution in [0.2, 0.25) is 10.0 Å². The van der Waals surface area contributed by atoms with Crippen LogP contribution in [-0.4, -0.2) is 26.3 Å². The van der Waals surface area contributed by atoms with Crippen molar-refractivity contribution in [2.45, 2.75) is 26.9 Å². The van der Waals surface area contributed by atoms with E-state index in [0.717, 1.165) is 11.1 Å². The van der Waals surface area contributed by atoms with Crippen molar-refractivity contribution in [3.63, 3.8) is 0 Å². The molecule has 37 heavy (non-hydrogen) atoms. The summed E-state index contributed by atoms with van der Waals surface area (Å²) in [5.74, 6) is 0.114. The number of carbonyl (C=O) groups excluding carboxylic acids is 1. The maximum atomic E-state index is 13.6. The molecule has 0 fully saturated rings. The molecule has 9 heteroatoms. The summed E-state index contributed by atoms with van der Waals surface area (Å²) in [4.78, 5) is 26.7. The highest BCUT2D eigenvalue weighted by Crippen LogP contribution is 2.37. The summed E-state index contributed by atoms with van der Waals surface area (Å²) in [5.41, 5.74) is 2.15. The van der Waals surface area contributed by atoms with Gasteiger partial charge in [-0.2, -0.15) is 0 Å². The van der Waals surface area contributed by atoms with Gasteiger partial charge in [0.15, 0.2) is 23.4 Å². The third-order valence-corrected chi connectivity index (χ3v) is 6.37. The van der Waals surface area contributed by atoms with E-state index in [2.05, 4.69) is 0 Å². The predicted molar refractivity (Wildman–Crippen MR) is 143 cm³/mol. The Kier molecular flexibility index (Phi) is 7.66. The SMILES string of the molecule is COc1ccc(-c2oc3cc(C)c(C)cc3c(=O)c2OC(=O)C(C)Oc2ccc(Cl)cc2Cl)cc1OC. The van der Waals surface area contributed by atoms with Gasteiger partial charge in [-0.15, -0.1) is 0 Å². The molecule has 192 valence electrons. The molecule has 1 heterocycles. The fourth-order valence-corrected chi connectivity index (χ4v) is 4.14. The van der Waals surface area contributed by atoms with E-state index in [1.54, 1.807) is 42.5 Å². The largest absolute Gasteiger partial charge is 0.493 e. The molecule has 0 aliphatic carbocycles. The number of halogens is 2. The van der Waals surface area contributed by atoms with Crippen LogP contribution in [0.3, 0.4) is 0 Å². The Bertz CT molecular complexity index is 1560. The van der Waals surface area contributed by atoms with E-state index < -0.39 is 17.5 Å². The van der Waals surface area contributed by atoms with Crippen LogP contribution in [0.5, 0.6) is 23.0 Å². The highest BCUT2D eigenvalue weighted by molar-refractivity contribution is 6.35. The van der Waals surface area contributed by atoms with Crippen molar-refractivity contribution in [2.75, 3.05) is 14.2 Å². The Hall–Kier alpha value is -3.68. The molecule has 4 rings (SSSR count). The Morgan fingerprint density at radius 3 is 2.24 bits per heavy atom. The molecule has 0 N–H and O–H groups in total. The van der Waals surface area contributed by atoms with Crippen LogP contribution in [0.1, 0.15) is 18.1 Å². The van der Waals surface area contributed by atoms with E-state index in [4.69, 9.17) is 46.6 Å². The molecule has 1 unspecified atom stereocenters. The van der Waals surface area contributed by atoms with Gasteiger partial charge in [0.25, 0.3) is 0 Å². The topological polar surface area (TPSA) is 84.2 Å². The summed E-state index contributed by atoms with van der Waals surface area (Å²) in [7, 11) is 3.01. The first-order valence-electron chi connectivity index (χ1n) is 11.3. The van der Waals surface area contributed by atoms with Crippen molar-refractivity contribution in [1.82, 2.24) is 0 Å². The van der Waals surface area contributed by atoms with E-state index >= 15 is 0 Å². The normalized spacial score (nSPS) is 11.8. The standard InChI is InChI=1S/C28H24Cl2O7/c1-14-10-19-23(11-15(14)2)36-26(17-6-8-22(33-4)24(12-17)34-5)27(25(19)31)37-28(32)16(3)35-21-9-7-18(29)13-20(21)30/h6-13,16H,1-5H3. The number of carbonyl (C=O) groups is 1. The summed E-state index contributed by atoms with van der Waals surface area (Å²) in [5, 5.41) is 0.935. The van der Waals surface area contributed by atoms with Gasteiger partial charge in [-0.1, -0.05) is 23.2 Å². The molecular formula is C28H24Cl2O7. The number of benzene rings is 3. The quantitative estimate of drug-likeness (QED) is 0.238. The fourth-order valence-electron chi connectivity index (χ4n) is 3.69. The average Bonchev–Trinajstić information content (AvgIpc) is 2.87. The molecule has 3 aromatic carbocycles. The zero-order valence-electron chi connectivity index (χ0n) is 20.8. The highest BCUT2D eigenvalue weighted by Gasteiger charge is 2.26. The van der Waals surface area contributed by atoms with Gasteiger partial charge in [0.05, 0.1) is 24.6 Å². The van der Waals surface area contributed by atoms with E-state index in [1.165, 1.54) is 27.2 Å². The smallest absolute Gasteiger partial charge is 0.352 e. The van der Waals surface area contributed by atoms with Crippen LogP contribution in [0, 0.1) is 13.8 Å². The lowest BCUT2D eigenvalue weighted by Crippen LogP contribution is -2.30. The van der Waals surface area contributed by atoms with Gasteiger partial charge in [0, 0.05) is 10.6 Å². The van der Waals surface area contributed by atoms with Gasteiger partial charge >= 0.3 is 5.97 Å². The molecule has 7 nitrogen and oxygen atoms in total. The molecule has 0 spiro atoms. The number of hydrogen-bond acceptors (Lipinski definition) is 7. The Balaban J connectivity index is 1.80. The molecule has 0 radical (unpaired) electrons. The molecule has 4 aromatic rings. The predicted octanol–water partition coefficient (Wildman–Crippen LogP) is 6.77. The van der Waals surface area contributed by atoms with Gasteiger partial charge in [-0.05, 0) is 80.4 Å². The maximum Gasteiger partial charge on any atom is 0.352 e. The van der Waals surface area contributed by atoms with Crippen molar-refractivity contribution in [3.8, 4) is 34.3 Å². The number of rotatable bonds is 7. The molecule has 0 saturated heterocycles. The second-order valence-corrected chi connectivity index (χ2v) is 9.19. The molecule has 0 aliphatic heterocycles. The first-order valence-corrected chi connectivity index (χ1v) is 12.0. The molecule has 0 saturated carbocycles. The van der Waals surface area contributed by atoms with Gasteiger partial charge in [0.1, 0.15) is 11.3 Å². The summed E-state index contributed by atoms with van der Waals surface area (Å²) in [6.07, 6.45) is -1.10. The molecule has 1 atom stereocenters. The lowest BCUT2D eigenvalue weighted by Gasteiger charge is -2.17. The van der Waals surface area contributed by atoms with Crippen LogP contribution < -0.4 is 24.4 Å². The summed E-state index contributed by atoms with van der Waals surface area (Å²) in [6.45, 7) is 5.28. The Morgan fingerprint density at radius 2 is 1.57 bits per heavy atom. The van der Waals surface area contributed by atoms with Gasteiger partial charge < -0.3 is 23.4 Å². The van der Waals surface area contributed by atoms with Crippen LogP contribution in [0.25, 0.3) is 22.3 Å². The zero-order valence-corrected chi connectivity index (χ0v) is 22.3. The zero-order chi connectivity index (χ0) is 26.9. The molecule has 1 aromatic heterocycles. The van der Waals surface area contributed by atoms with E-state index in [0.29, 0.717) is 27.7 Å². The first kappa shape index (κ1) is 26.4. The van der Waals surface area contributed by atoms with Crippen molar-refractivity contribution in [2.24, 2.45) is 0 Å². The van der Waals surface area contributed by atoms with E-state index in [9.17, 15) is 9.59 Å². The Labute approximate surface area is 223 Å². The lowest BCUT2D eigenvalue weighted by atomic mass is 10.0. The second kappa shape index (κ2) is 10.7. The van der Waals surface area contributed by atoms with Crippen molar-refractivity contribution in [1.29, 1.82) is 0 Å². The molecule has 0 aliphatic rings. The van der Waals surface area contributed by atoms with Crippen LogP contribution in [-0.2, 0) is 4.79 Å². The monoisotopic (exact) mass is 542 g/mol. The number of hydrogen-bond donors (Lipinski definition) is 0. The molecular weight excluding hydrogens is 519 g/mol. The van der Waals surface area contributed by atoms with Crippen LogP contribution in [0.15, 0.2) is 57.7 Å². The summed E-state index contributed by atoms with van der Waals surface area (Å²) >= 11 is 12.1. The maximum absolute atomic E-state index is 13.6. The minimum absolute atomic E-state index is 0.0618. The lowest BCUT2D eigenvalue weighted by molar-refractivity contribution is -0.141. The third-order valence-electron chi connectivity index (χ3n) is 5.84. The number of fused-ring (bicyclic) bond motifs is 1. The third kappa shape index (κ3) is 5.38. The van der Waals surface area contributed by atoms with Crippen molar-refractivity contribution in [3.05, 3.63) is 79.9 Å². The van der Waals surface area contributed by atoms with Crippen LogP contribution >= 0.6 is 23.2 Å². The fraction of sp³-hybridized carbons (Fsp3) is 0.214. The van der Waals surface area contributed by atoms with E-state index in [1.807, 2.05) is 13.8 Å². The van der Waals surface area contributed by atoms with Gasteiger partial charge in [0.2, 0.25) is 11.2 Å². The summed E-state index contributed by atoms with van der Waals surface area (Å²) < 4.78 is 28.2. The minimum atomic E-state index is -1.10. The molecule has 0 bridgehead atoms. The first-order chi connectivity index (χ1) is 17.6. The van der Waals surface area contributed by atoms with Crippen LogP contribution in [0.4, 0.5) is 0 Å². The molecule has 0 amide bonds. The average molecular weight is 543 g/mol. The number of methoxy groups -OCH3 is 2. The second-order valence-electron chi connectivity index (χ2n) is 8.35. The highest BCUT2D eigenvalue weighted by atomic mass is 35.5. The van der Waals surface area contributed by atoms with Crippen molar-refractivity contribution < 1.29 is 28.2 Å². The van der Waals surface area contributed by atoms with Crippen molar-refractivity contribution >= 4 is 40.1 Å². The number of aryl methyl sites for hydroxylation is 2. The van der Waals surface area contributed by atoms with Gasteiger partial charge in [-0.3, -0.25) is 4.79 Å². The Morgan fingerprint density at radius 1 is 0.892 bits per heavy atom.